The molecule has 1 atom stereocenters. The molecule has 0 aliphatic carbocycles. The first-order chi connectivity index (χ1) is 14.8. The molecule has 0 aromatic heterocycles. The first kappa shape index (κ1) is 22.5. The molecule has 0 spiro atoms. The third-order valence-corrected chi connectivity index (χ3v) is 5.36. The molecule has 5 nitrogen and oxygen atoms in total. The number of allylic oxidation sites excluding steroid dienone is 1. The van der Waals surface area contributed by atoms with Crippen molar-refractivity contribution in [3.63, 3.8) is 0 Å². The van der Waals surface area contributed by atoms with Crippen LogP contribution in [0.3, 0.4) is 0 Å². The van der Waals surface area contributed by atoms with Gasteiger partial charge in [-0.05, 0) is 48.2 Å². The van der Waals surface area contributed by atoms with Crippen molar-refractivity contribution >= 4 is 11.9 Å². The highest BCUT2D eigenvalue weighted by molar-refractivity contribution is 5.95. The average molecular weight is 426 g/mol. The van der Waals surface area contributed by atoms with Crippen molar-refractivity contribution in [2.45, 2.75) is 39.7 Å². The molecule has 1 heterocycles. The molecule has 0 N–H and O–H groups in total. The molecular weight excluding hydrogens is 397 g/mol. The Kier molecular flexibility index (Phi) is 7.10. The Bertz CT molecular complexity index is 964. The summed E-state index contributed by atoms with van der Waals surface area (Å²) in [6.07, 6.45) is 0.150. The van der Waals surface area contributed by atoms with Gasteiger partial charge in [-0.3, -0.25) is 4.79 Å². The molecule has 1 aliphatic heterocycles. The van der Waals surface area contributed by atoms with Crippen molar-refractivity contribution < 1.29 is 23.5 Å². The van der Waals surface area contributed by atoms with Gasteiger partial charge in [0.15, 0.2) is 0 Å². The molecular formula is C25H28FNO4. The van der Waals surface area contributed by atoms with Gasteiger partial charge in [-0.25, -0.2) is 9.18 Å². The number of hydrogen-bond donors (Lipinski definition) is 0. The Morgan fingerprint density at radius 2 is 1.77 bits per heavy atom. The van der Waals surface area contributed by atoms with Gasteiger partial charge in [0.2, 0.25) is 5.91 Å². The normalized spacial score (nSPS) is 16.6. The smallest absolute Gasteiger partial charge is 0.336 e. The summed E-state index contributed by atoms with van der Waals surface area (Å²) in [4.78, 5) is 27.7. The maximum absolute atomic E-state index is 13.3. The predicted octanol–water partition coefficient (Wildman–Crippen LogP) is 4.82. The summed E-state index contributed by atoms with van der Waals surface area (Å²) in [6, 6.07) is 13.4. The number of amides is 1. The largest absolute Gasteiger partial charge is 0.497 e. The highest BCUT2D eigenvalue weighted by Gasteiger charge is 2.37. The predicted molar refractivity (Wildman–Crippen MR) is 116 cm³/mol. The van der Waals surface area contributed by atoms with Gasteiger partial charge in [0.1, 0.15) is 11.6 Å². The summed E-state index contributed by atoms with van der Waals surface area (Å²) in [5, 5.41) is 0. The summed E-state index contributed by atoms with van der Waals surface area (Å²) in [5.41, 5.74) is 2.68. The van der Waals surface area contributed by atoms with E-state index in [9.17, 15) is 14.0 Å². The van der Waals surface area contributed by atoms with E-state index in [2.05, 4.69) is 0 Å². The molecule has 0 unspecified atom stereocenters. The first-order valence-electron chi connectivity index (χ1n) is 10.4. The quantitative estimate of drug-likeness (QED) is 0.597. The van der Waals surface area contributed by atoms with E-state index in [1.807, 2.05) is 38.1 Å². The van der Waals surface area contributed by atoms with Gasteiger partial charge in [-0.2, -0.15) is 0 Å². The number of esters is 1. The standard InChI is InChI=1S/C25H28FNO4/c1-16(2)15-31-25(29)24-17(3)27(14-18-5-9-20(26)10-6-18)23(28)13-22(24)19-7-11-21(30-4)12-8-19/h5-12,16,22H,13-15H2,1-4H3/t22-/m1/s1. The minimum atomic E-state index is -0.413. The number of carbonyl (C=O) groups excluding carboxylic acids is 2. The molecule has 31 heavy (non-hydrogen) atoms. The van der Waals surface area contributed by atoms with Gasteiger partial charge >= 0.3 is 5.97 Å². The highest BCUT2D eigenvalue weighted by atomic mass is 19.1. The van der Waals surface area contributed by atoms with Crippen molar-refractivity contribution in [2.24, 2.45) is 5.92 Å². The number of hydrogen-bond acceptors (Lipinski definition) is 4. The molecule has 6 heteroatoms. The van der Waals surface area contributed by atoms with Gasteiger partial charge in [0, 0.05) is 18.0 Å². The van der Waals surface area contributed by atoms with E-state index in [4.69, 9.17) is 9.47 Å². The zero-order valence-corrected chi connectivity index (χ0v) is 18.4. The lowest BCUT2D eigenvalue weighted by molar-refractivity contribution is -0.141. The number of nitrogens with zero attached hydrogens (tertiary/aromatic N) is 1. The van der Waals surface area contributed by atoms with Crippen LogP contribution in [0, 0.1) is 11.7 Å². The summed E-state index contributed by atoms with van der Waals surface area (Å²) in [5.74, 6) is -0.342. The number of carbonyl (C=O) groups is 2. The van der Waals surface area contributed by atoms with E-state index < -0.39 is 11.9 Å². The summed E-state index contributed by atoms with van der Waals surface area (Å²) in [7, 11) is 1.59. The molecule has 1 amide bonds. The fourth-order valence-corrected chi connectivity index (χ4v) is 3.68. The average Bonchev–Trinajstić information content (AvgIpc) is 2.76. The summed E-state index contributed by atoms with van der Waals surface area (Å²) >= 11 is 0. The lowest BCUT2D eigenvalue weighted by atomic mass is 9.83. The number of rotatable bonds is 7. The third kappa shape index (κ3) is 5.32. The van der Waals surface area contributed by atoms with Gasteiger partial charge in [0.05, 0.1) is 25.8 Å². The maximum Gasteiger partial charge on any atom is 0.336 e. The fraction of sp³-hybridized carbons (Fsp3) is 0.360. The van der Waals surface area contributed by atoms with E-state index in [-0.39, 0.29) is 30.6 Å². The lowest BCUT2D eigenvalue weighted by Crippen LogP contribution is -2.38. The second-order valence-corrected chi connectivity index (χ2v) is 8.13. The Labute approximate surface area is 182 Å². The van der Waals surface area contributed by atoms with Crippen LogP contribution in [0.5, 0.6) is 5.75 Å². The van der Waals surface area contributed by atoms with E-state index >= 15 is 0 Å². The highest BCUT2D eigenvalue weighted by Crippen LogP contribution is 2.38. The number of halogens is 1. The van der Waals surface area contributed by atoms with Crippen LogP contribution in [0.2, 0.25) is 0 Å². The summed E-state index contributed by atoms with van der Waals surface area (Å²) < 4.78 is 24.0. The van der Waals surface area contributed by atoms with Crippen molar-refractivity contribution in [1.82, 2.24) is 4.90 Å². The molecule has 0 saturated carbocycles. The van der Waals surface area contributed by atoms with Crippen LogP contribution < -0.4 is 4.74 Å². The van der Waals surface area contributed by atoms with Gasteiger partial charge in [0.25, 0.3) is 0 Å². The minimum Gasteiger partial charge on any atom is -0.497 e. The molecule has 0 saturated heterocycles. The van der Waals surface area contributed by atoms with Gasteiger partial charge < -0.3 is 14.4 Å². The third-order valence-electron chi connectivity index (χ3n) is 5.36. The SMILES string of the molecule is COc1ccc([C@H]2CC(=O)N(Cc3ccc(F)cc3)C(C)=C2C(=O)OCC(C)C)cc1. The van der Waals surface area contributed by atoms with Crippen molar-refractivity contribution in [1.29, 1.82) is 0 Å². The molecule has 0 bridgehead atoms. The van der Waals surface area contributed by atoms with E-state index in [0.717, 1.165) is 11.1 Å². The number of benzene rings is 2. The van der Waals surface area contributed by atoms with Gasteiger partial charge in [-0.15, -0.1) is 0 Å². The molecule has 2 aromatic rings. The van der Waals surface area contributed by atoms with Gasteiger partial charge in [-0.1, -0.05) is 38.1 Å². The zero-order chi connectivity index (χ0) is 22.5. The van der Waals surface area contributed by atoms with E-state index in [0.29, 0.717) is 23.6 Å². The van der Waals surface area contributed by atoms with E-state index in [1.54, 1.807) is 31.1 Å². The zero-order valence-electron chi connectivity index (χ0n) is 18.4. The second kappa shape index (κ2) is 9.77. The van der Waals surface area contributed by atoms with Crippen LogP contribution in [0.1, 0.15) is 44.2 Å². The molecule has 0 radical (unpaired) electrons. The molecule has 2 aromatic carbocycles. The van der Waals surface area contributed by atoms with E-state index in [1.165, 1.54) is 12.1 Å². The monoisotopic (exact) mass is 425 g/mol. The van der Waals surface area contributed by atoms with Crippen LogP contribution >= 0.6 is 0 Å². The minimum absolute atomic E-state index is 0.0944. The molecule has 164 valence electrons. The van der Waals surface area contributed by atoms with Crippen molar-refractivity contribution in [3.05, 3.63) is 76.7 Å². The van der Waals surface area contributed by atoms with Crippen molar-refractivity contribution in [2.75, 3.05) is 13.7 Å². The van der Waals surface area contributed by atoms with Crippen LogP contribution in [0.15, 0.2) is 59.8 Å². The Balaban J connectivity index is 1.98. The Morgan fingerprint density at radius 1 is 1.13 bits per heavy atom. The Morgan fingerprint density at radius 3 is 2.35 bits per heavy atom. The van der Waals surface area contributed by atoms with Crippen LogP contribution in [-0.2, 0) is 20.9 Å². The molecule has 0 fully saturated rings. The maximum atomic E-state index is 13.3. The van der Waals surface area contributed by atoms with Crippen LogP contribution in [0.4, 0.5) is 4.39 Å². The second-order valence-electron chi connectivity index (χ2n) is 8.13. The fourth-order valence-electron chi connectivity index (χ4n) is 3.68. The molecule has 1 aliphatic rings. The lowest BCUT2D eigenvalue weighted by Gasteiger charge is -2.34. The summed E-state index contributed by atoms with van der Waals surface area (Å²) in [6.45, 7) is 6.28. The topological polar surface area (TPSA) is 55.8 Å². The number of methoxy groups -OCH3 is 1. The molecule has 3 rings (SSSR count). The number of ether oxygens (including phenoxy) is 2. The van der Waals surface area contributed by atoms with Crippen LogP contribution in [0.25, 0.3) is 0 Å². The Hall–Kier alpha value is -3.15. The first-order valence-corrected chi connectivity index (χ1v) is 10.4. The van der Waals surface area contributed by atoms with Crippen molar-refractivity contribution in [3.8, 4) is 5.75 Å². The van der Waals surface area contributed by atoms with Crippen LogP contribution in [-0.4, -0.2) is 30.5 Å².